The Kier molecular flexibility index (Phi) is 6.97. The van der Waals surface area contributed by atoms with Gasteiger partial charge in [0.1, 0.15) is 11.0 Å². The molecule has 0 unspecified atom stereocenters. The van der Waals surface area contributed by atoms with Gasteiger partial charge in [0.2, 0.25) is 0 Å². The second-order valence-electron chi connectivity index (χ2n) is 14.4. The minimum absolute atomic E-state index is 0.132. The first-order valence-electron chi connectivity index (χ1n) is 18.1. The van der Waals surface area contributed by atoms with E-state index >= 15 is 0 Å². The molecule has 0 aliphatic heterocycles. The van der Waals surface area contributed by atoms with Gasteiger partial charge in [-0.15, -0.1) is 0 Å². The van der Waals surface area contributed by atoms with Crippen LogP contribution < -0.4 is 10.6 Å². The number of furan rings is 1. The Hall–Kier alpha value is -6.32. The zero-order chi connectivity index (χ0) is 34.8. The molecule has 6 aromatic carbocycles. The van der Waals surface area contributed by atoms with Crippen molar-refractivity contribution in [1.29, 1.82) is 0 Å². The van der Waals surface area contributed by atoms with Crippen LogP contribution in [0.15, 0.2) is 156 Å². The Morgan fingerprint density at radius 2 is 1.23 bits per heavy atom. The lowest BCUT2D eigenvalue weighted by atomic mass is 9.82. The Balaban J connectivity index is 1.27. The Bertz CT molecular complexity index is 2810. The highest BCUT2D eigenvalue weighted by Gasteiger charge is 2.37. The van der Waals surface area contributed by atoms with Crippen molar-refractivity contribution in [2.75, 3.05) is 0 Å². The van der Waals surface area contributed by atoms with Gasteiger partial charge < -0.3 is 4.42 Å². The van der Waals surface area contributed by atoms with Crippen LogP contribution in [-0.4, -0.2) is 9.97 Å². The third-order valence-electron chi connectivity index (χ3n) is 11.0. The molecule has 0 spiro atoms. The fourth-order valence-electron chi connectivity index (χ4n) is 8.45. The molecule has 2 aliphatic rings. The Labute approximate surface area is 303 Å². The third-order valence-corrected chi connectivity index (χ3v) is 11.0. The largest absolute Gasteiger partial charge is 0.456 e. The van der Waals surface area contributed by atoms with Crippen molar-refractivity contribution in [2.24, 2.45) is 0 Å². The number of benzene rings is 6. The summed E-state index contributed by atoms with van der Waals surface area (Å²) in [5, 5.41) is 2.30. The highest BCUT2D eigenvalue weighted by Crippen LogP contribution is 2.51. The maximum Gasteiger partial charge on any atom is 0.161 e. The van der Waals surface area contributed by atoms with E-state index in [0.717, 1.165) is 79.5 Å². The summed E-state index contributed by atoms with van der Waals surface area (Å²) in [5.41, 5.74) is 16.5. The van der Waals surface area contributed by atoms with E-state index in [2.05, 4.69) is 166 Å². The first kappa shape index (κ1) is 30.5. The van der Waals surface area contributed by atoms with E-state index in [1.165, 1.54) is 33.4 Å². The predicted octanol–water partition coefficient (Wildman–Crippen LogP) is 11.0. The number of para-hydroxylation sites is 1. The molecule has 2 aromatic heterocycles. The summed E-state index contributed by atoms with van der Waals surface area (Å²) in [6.07, 6.45) is 4.07. The first-order valence-corrected chi connectivity index (χ1v) is 18.1. The van der Waals surface area contributed by atoms with Crippen molar-refractivity contribution < 1.29 is 4.42 Å². The van der Waals surface area contributed by atoms with Crippen molar-refractivity contribution in [3.8, 4) is 56.0 Å². The Morgan fingerprint density at radius 1 is 0.538 bits per heavy atom. The molecule has 0 bridgehead atoms. The molecule has 3 nitrogen and oxygen atoms in total. The molecule has 0 saturated carbocycles. The average molecular weight is 669 g/mol. The highest BCUT2D eigenvalue weighted by atomic mass is 16.3. The van der Waals surface area contributed by atoms with Crippen LogP contribution in [0.25, 0.3) is 78.6 Å². The second-order valence-corrected chi connectivity index (χ2v) is 14.4. The van der Waals surface area contributed by atoms with Crippen LogP contribution in [0.1, 0.15) is 43.5 Å². The number of aromatic nitrogens is 2. The molecule has 0 atom stereocenters. The molecular formula is C49H36N2O. The summed E-state index contributed by atoms with van der Waals surface area (Å²) in [7, 11) is 0. The fourth-order valence-corrected chi connectivity index (χ4v) is 8.45. The van der Waals surface area contributed by atoms with Gasteiger partial charge in [-0.2, -0.15) is 0 Å². The van der Waals surface area contributed by atoms with E-state index in [-0.39, 0.29) is 5.41 Å². The molecule has 2 aliphatic carbocycles. The molecule has 0 saturated heterocycles. The van der Waals surface area contributed by atoms with Crippen LogP contribution >= 0.6 is 0 Å². The number of fused-ring (bicyclic) bond motifs is 6. The lowest BCUT2D eigenvalue weighted by molar-refractivity contribution is 0.568. The fraction of sp³-hybridized carbons (Fsp3) is 0.102. The summed E-state index contributed by atoms with van der Waals surface area (Å²) in [4.78, 5) is 11.0. The average Bonchev–Trinajstić information content (AvgIpc) is 3.70. The summed E-state index contributed by atoms with van der Waals surface area (Å²) in [6.45, 7) is 4.64. The summed E-state index contributed by atoms with van der Waals surface area (Å²) >= 11 is 0. The SMILES string of the molecule is CC1(C)c2ccccc2-c2c(-c3nc(C4=c5oc6ccccc6c5=CCC4)cc(-c4ccc(-c5ccccc5)cc4-c4ccccc4)n3)cccc21. The lowest BCUT2D eigenvalue weighted by Gasteiger charge is -2.21. The van der Waals surface area contributed by atoms with Gasteiger partial charge in [0, 0.05) is 32.7 Å². The molecule has 8 aromatic rings. The van der Waals surface area contributed by atoms with Crippen LogP contribution in [0.4, 0.5) is 0 Å². The maximum atomic E-state index is 6.63. The van der Waals surface area contributed by atoms with Crippen LogP contribution in [0, 0.1) is 0 Å². The third kappa shape index (κ3) is 4.81. The minimum atomic E-state index is -0.132. The second kappa shape index (κ2) is 11.9. The number of hydrogen-bond acceptors (Lipinski definition) is 3. The lowest BCUT2D eigenvalue weighted by Crippen LogP contribution is -2.26. The normalized spacial score (nSPS) is 14.1. The van der Waals surface area contributed by atoms with Gasteiger partial charge in [-0.1, -0.05) is 153 Å². The summed E-state index contributed by atoms with van der Waals surface area (Å²) in [5.74, 6) is 0.725. The first-order chi connectivity index (χ1) is 25.5. The van der Waals surface area contributed by atoms with Gasteiger partial charge in [0.05, 0.1) is 11.4 Å². The highest BCUT2D eigenvalue weighted by molar-refractivity contribution is 5.93. The standard InChI is InChI=1S/C49H36N2O/c1-49(2)41-24-11-9-20-37(41)46-39(23-14-25-42(46)49)48-50-43(30-44(51-48)38-22-13-21-36-35-19-10-12-26-45(35)52-47(36)38)34-28-27-33(31-15-5-3-6-16-31)29-40(34)32-17-7-4-8-18-32/h3-12,14-21,23-30H,13,22H2,1-2H3. The molecule has 0 N–H and O–H groups in total. The van der Waals surface area contributed by atoms with Gasteiger partial charge in [-0.05, 0) is 75.5 Å². The monoisotopic (exact) mass is 668 g/mol. The Morgan fingerprint density at radius 3 is 2.08 bits per heavy atom. The van der Waals surface area contributed by atoms with E-state index in [1.54, 1.807) is 0 Å². The van der Waals surface area contributed by atoms with Gasteiger partial charge >= 0.3 is 0 Å². The van der Waals surface area contributed by atoms with Crippen molar-refractivity contribution >= 4 is 22.6 Å². The van der Waals surface area contributed by atoms with Crippen molar-refractivity contribution in [2.45, 2.75) is 32.1 Å². The zero-order valence-corrected chi connectivity index (χ0v) is 29.2. The van der Waals surface area contributed by atoms with Crippen molar-refractivity contribution in [1.82, 2.24) is 9.97 Å². The van der Waals surface area contributed by atoms with Crippen LogP contribution in [-0.2, 0) is 5.41 Å². The molecular weight excluding hydrogens is 633 g/mol. The maximum absolute atomic E-state index is 6.63. The molecule has 0 amide bonds. The zero-order valence-electron chi connectivity index (χ0n) is 29.2. The topological polar surface area (TPSA) is 38.9 Å². The van der Waals surface area contributed by atoms with Crippen LogP contribution in [0.5, 0.6) is 0 Å². The summed E-state index contributed by atoms with van der Waals surface area (Å²) in [6, 6.07) is 54.0. The molecule has 10 rings (SSSR count). The molecule has 248 valence electrons. The van der Waals surface area contributed by atoms with Gasteiger partial charge in [-0.25, -0.2) is 9.97 Å². The van der Waals surface area contributed by atoms with Gasteiger partial charge in [0.15, 0.2) is 5.82 Å². The van der Waals surface area contributed by atoms with Gasteiger partial charge in [-0.3, -0.25) is 0 Å². The van der Waals surface area contributed by atoms with Crippen molar-refractivity contribution in [3.63, 3.8) is 0 Å². The quantitative estimate of drug-likeness (QED) is 0.183. The molecule has 0 radical (unpaired) electrons. The van der Waals surface area contributed by atoms with E-state index in [4.69, 9.17) is 14.4 Å². The van der Waals surface area contributed by atoms with E-state index in [9.17, 15) is 0 Å². The number of rotatable bonds is 5. The van der Waals surface area contributed by atoms with E-state index < -0.39 is 0 Å². The van der Waals surface area contributed by atoms with E-state index in [1.807, 2.05) is 6.07 Å². The smallest absolute Gasteiger partial charge is 0.161 e. The molecule has 52 heavy (non-hydrogen) atoms. The van der Waals surface area contributed by atoms with Crippen LogP contribution in [0.3, 0.4) is 0 Å². The number of nitrogens with zero attached hydrogens (tertiary/aromatic N) is 2. The van der Waals surface area contributed by atoms with Gasteiger partial charge in [0.25, 0.3) is 0 Å². The summed E-state index contributed by atoms with van der Waals surface area (Å²) < 4.78 is 6.63. The molecule has 3 heteroatoms. The number of hydrogen-bond donors (Lipinski definition) is 0. The van der Waals surface area contributed by atoms with Crippen LogP contribution in [0.2, 0.25) is 0 Å². The predicted molar refractivity (Wildman–Crippen MR) is 213 cm³/mol. The molecule has 0 fully saturated rings. The molecule has 2 heterocycles. The van der Waals surface area contributed by atoms with E-state index in [0.29, 0.717) is 0 Å². The van der Waals surface area contributed by atoms with Crippen molar-refractivity contribution in [3.05, 3.63) is 179 Å². The minimum Gasteiger partial charge on any atom is -0.456 e.